The van der Waals surface area contributed by atoms with Gasteiger partial charge in [0.15, 0.2) is 11.5 Å². The number of aliphatic hydroxyl groups excluding tert-OH is 1. The molecule has 0 saturated heterocycles. The van der Waals surface area contributed by atoms with Crippen LogP contribution < -0.4 is 10.1 Å². The van der Waals surface area contributed by atoms with Crippen LogP contribution in [0.3, 0.4) is 0 Å². The molecule has 0 saturated carbocycles. The molecule has 2 rings (SSSR count). The number of halogens is 1. The molecule has 0 aromatic heterocycles. The average molecular weight is 338 g/mol. The topological polar surface area (TPSA) is 61.7 Å². The second-order valence-electron chi connectivity index (χ2n) is 5.49. The maximum atomic E-state index is 10.3. The summed E-state index contributed by atoms with van der Waals surface area (Å²) in [5.74, 6) is 0.597. The van der Waals surface area contributed by atoms with Crippen LogP contribution >= 0.6 is 12.4 Å². The van der Waals surface area contributed by atoms with Crippen molar-refractivity contribution in [2.75, 3.05) is 6.61 Å². The quantitative estimate of drug-likeness (QED) is 0.725. The third-order valence-corrected chi connectivity index (χ3v) is 3.52. The van der Waals surface area contributed by atoms with E-state index >= 15 is 0 Å². The van der Waals surface area contributed by atoms with E-state index in [0.717, 1.165) is 5.56 Å². The number of phenolic OH excluding ortho intramolecular Hbond substituents is 1. The molecule has 0 bridgehead atoms. The van der Waals surface area contributed by atoms with Gasteiger partial charge in [0.2, 0.25) is 0 Å². The summed E-state index contributed by atoms with van der Waals surface area (Å²) in [6.45, 7) is 4.33. The summed E-state index contributed by atoms with van der Waals surface area (Å²) in [6.07, 6.45) is -0.575. The minimum atomic E-state index is -0.575. The molecule has 0 aliphatic carbocycles. The Morgan fingerprint density at radius 1 is 1.00 bits per heavy atom. The van der Waals surface area contributed by atoms with E-state index in [9.17, 15) is 10.2 Å². The fraction of sp³-hybridized carbons (Fsp3) is 0.333. The highest BCUT2D eigenvalue weighted by Gasteiger charge is 2.18. The summed E-state index contributed by atoms with van der Waals surface area (Å²) in [5.41, 5.74) is 0.885. The van der Waals surface area contributed by atoms with Crippen LogP contribution in [0.1, 0.15) is 25.5 Å². The summed E-state index contributed by atoms with van der Waals surface area (Å²) in [5, 5.41) is 23.3. The number of ether oxygens (including phenoxy) is 1. The van der Waals surface area contributed by atoms with Gasteiger partial charge in [0.1, 0.15) is 6.61 Å². The molecule has 2 aromatic rings. The Kier molecular flexibility index (Phi) is 7.89. The Balaban J connectivity index is 0.00000264. The van der Waals surface area contributed by atoms with Gasteiger partial charge in [-0.3, -0.25) is 0 Å². The highest BCUT2D eigenvalue weighted by molar-refractivity contribution is 5.85. The molecule has 0 aliphatic heterocycles. The zero-order chi connectivity index (χ0) is 15.9. The van der Waals surface area contributed by atoms with Crippen LogP contribution in [0.15, 0.2) is 54.6 Å². The zero-order valence-electron chi connectivity index (χ0n) is 13.3. The number of aromatic hydroxyl groups is 1. The van der Waals surface area contributed by atoms with Gasteiger partial charge in [-0.25, -0.2) is 0 Å². The number of aliphatic hydroxyl groups is 1. The summed E-state index contributed by atoms with van der Waals surface area (Å²) >= 11 is 0. The molecule has 5 heteroatoms. The SMILES string of the molecule is CC(COc1ccccc1O)N[C@H](C)[C@@H](O)c1ccccc1.Cl. The Labute approximate surface area is 143 Å². The van der Waals surface area contributed by atoms with Crippen molar-refractivity contribution < 1.29 is 14.9 Å². The molecule has 4 nitrogen and oxygen atoms in total. The van der Waals surface area contributed by atoms with Crippen molar-refractivity contribution in [2.45, 2.75) is 32.0 Å². The fourth-order valence-corrected chi connectivity index (χ4v) is 2.32. The third-order valence-electron chi connectivity index (χ3n) is 3.52. The van der Waals surface area contributed by atoms with Gasteiger partial charge < -0.3 is 20.3 Å². The van der Waals surface area contributed by atoms with Crippen LogP contribution in [0.2, 0.25) is 0 Å². The van der Waals surface area contributed by atoms with Gasteiger partial charge in [-0.2, -0.15) is 0 Å². The summed E-state index contributed by atoms with van der Waals surface area (Å²) in [7, 11) is 0. The number of para-hydroxylation sites is 2. The lowest BCUT2D eigenvalue weighted by atomic mass is 10.0. The molecule has 3 atom stereocenters. The van der Waals surface area contributed by atoms with Crippen LogP contribution in [0.4, 0.5) is 0 Å². The zero-order valence-corrected chi connectivity index (χ0v) is 14.2. The van der Waals surface area contributed by atoms with E-state index in [1.54, 1.807) is 18.2 Å². The van der Waals surface area contributed by atoms with Gasteiger partial charge >= 0.3 is 0 Å². The maximum absolute atomic E-state index is 10.3. The minimum absolute atomic E-state index is 0. The second kappa shape index (κ2) is 9.40. The maximum Gasteiger partial charge on any atom is 0.160 e. The number of rotatable bonds is 7. The molecular weight excluding hydrogens is 314 g/mol. The molecule has 0 radical (unpaired) electrons. The first-order valence-corrected chi connectivity index (χ1v) is 7.47. The molecule has 0 fully saturated rings. The van der Waals surface area contributed by atoms with Crippen molar-refractivity contribution >= 4 is 12.4 Å². The predicted molar refractivity (Wildman–Crippen MR) is 94.3 cm³/mol. The van der Waals surface area contributed by atoms with Crippen molar-refractivity contribution in [3.05, 3.63) is 60.2 Å². The van der Waals surface area contributed by atoms with Crippen molar-refractivity contribution in [1.82, 2.24) is 5.32 Å². The summed E-state index contributed by atoms with van der Waals surface area (Å²) in [6, 6.07) is 16.4. The van der Waals surface area contributed by atoms with E-state index < -0.39 is 6.10 Å². The molecule has 0 heterocycles. The normalized spacial score (nSPS) is 14.4. The predicted octanol–water partition coefficient (Wildman–Crippen LogP) is 3.29. The van der Waals surface area contributed by atoms with E-state index in [1.165, 1.54) is 0 Å². The molecule has 0 spiro atoms. The molecular formula is C18H24ClNO3. The van der Waals surface area contributed by atoms with Crippen LogP contribution in [0, 0.1) is 0 Å². The smallest absolute Gasteiger partial charge is 0.160 e. The van der Waals surface area contributed by atoms with E-state index in [2.05, 4.69) is 5.32 Å². The first kappa shape index (κ1) is 19.3. The van der Waals surface area contributed by atoms with Crippen LogP contribution in [0.25, 0.3) is 0 Å². The van der Waals surface area contributed by atoms with Crippen molar-refractivity contribution in [2.24, 2.45) is 0 Å². The van der Waals surface area contributed by atoms with Gasteiger partial charge in [-0.1, -0.05) is 42.5 Å². The van der Waals surface area contributed by atoms with E-state index in [-0.39, 0.29) is 30.2 Å². The largest absolute Gasteiger partial charge is 0.504 e. The Bertz CT molecular complexity index is 579. The fourth-order valence-electron chi connectivity index (χ4n) is 2.32. The lowest BCUT2D eigenvalue weighted by Crippen LogP contribution is -2.41. The van der Waals surface area contributed by atoms with E-state index in [1.807, 2.05) is 50.2 Å². The Morgan fingerprint density at radius 2 is 1.61 bits per heavy atom. The molecule has 2 aromatic carbocycles. The van der Waals surface area contributed by atoms with Gasteiger partial charge in [-0.15, -0.1) is 12.4 Å². The van der Waals surface area contributed by atoms with E-state index in [4.69, 9.17) is 4.74 Å². The van der Waals surface area contributed by atoms with E-state index in [0.29, 0.717) is 12.4 Å². The molecule has 23 heavy (non-hydrogen) atoms. The summed E-state index contributed by atoms with van der Waals surface area (Å²) < 4.78 is 5.59. The Morgan fingerprint density at radius 3 is 2.26 bits per heavy atom. The first-order chi connectivity index (χ1) is 10.6. The molecule has 0 amide bonds. The molecule has 1 unspecified atom stereocenters. The van der Waals surface area contributed by atoms with Crippen LogP contribution in [-0.4, -0.2) is 28.9 Å². The van der Waals surface area contributed by atoms with Gasteiger partial charge in [0.05, 0.1) is 6.10 Å². The highest BCUT2D eigenvalue weighted by atomic mass is 35.5. The van der Waals surface area contributed by atoms with Gasteiger partial charge in [-0.05, 0) is 31.5 Å². The van der Waals surface area contributed by atoms with Gasteiger partial charge in [0.25, 0.3) is 0 Å². The number of hydrogen-bond donors (Lipinski definition) is 3. The third kappa shape index (κ3) is 5.75. The average Bonchev–Trinajstić information content (AvgIpc) is 2.54. The van der Waals surface area contributed by atoms with Gasteiger partial charge in [0, 0.05) is 12.1 Å². The Hall–Kier alpha value is -1.75. The first-order valence-electron chi connectivity index (χ1n) is 7.47. The number of nitrogens with one attached hydrogen (secondary N) is 1. The number of phenols is 1. The monoisotopic (exact) mass is 337 g/mol. The molecule has 126 valence electrons. The van der Waals surface area contributed by atoms with Crippen LogP contribution in [0.5, 0.6) is 11.5 Å². The van der Waals surface area contributed by atoms with Crippen LogP contribution in [-0.2, 0) is 0 Å². The van der Waals surface area contributed by atoms with Crippen molar-refractivity contribution in [1.29, 1.82) is 0 Å². The minimum Gasteiger partial charge on any atom is -0.504 e. The van der Waals surface area contributed by atoms with Crippen molar-refractivity contribution in [3.8, 4) is 11.5 Å². The number of hydrogen-bond acceptors (Lipinski definition) is 4. The highest BCUT2D eigenvalue weighted by Crippen LogP contribution is 2.24. The summed E-state index contributed by atoms with van der Waals surface area (Å²) in [4.78, 5) is 0. The number of benzene rings is 2. The standard InChI is InChI=1S/C18H23NO3.ClH/c1-13(12-22-17-11-7-6-10-16(17)20)19-14(2)18(21)15-8-4-3-5-9-15;/h3-11,13-14,18-21H,12H2,1-2H3;1H/t13?,14-,18-;/m1./s1. The van der Waals surface area contributed by atoms with Crippen molar-refractivity contribution in [3.63, 3.8) is 0 Å². The lowest BCUT2D eigenvalue weighted by molar-refractivity contribution is 0.123. The lowest BCUT2D eigenvalue weighted by Gasteiger charge is -2.25. The second-order valence-corrected chi connectivity index (χ2v) is 5.49. The molecule has 3 N–H and O–H groups in total. The molecule has 0 aliphatic rings.